The molecule has 1 saturated heterocycles. The molecule has 18 heavy (non-hydrogen) atoms. The molecule has 0 radical (unpaired) electrons. The summed E-state index contributed by atoms with van der Waals surface area (Å²) < 4.78 is 29.7. The van der Waals surface area contributed by atoms with Crippen molar-refractivity contribution >= 4 is 10.0 Å². The lowest BCUT2D eigenvalue weighted by Crippen LogP contribution is -2.34. The maximum Gasteiger partial charge on any atom is 0.211 e. The van der Waals surface area contributed by atoms with E-state index in [9.17, 15) is 8.42 Å². The fourth-order valence-corrected chi connectivity index (χ4v) is 3.02. The third kappa shape index (κ3) is 3.54. The highest BCUT2D eigenvalue weighted by Crippen LogP contribution is 2.11. The van der Waals surface area contributed by atoms with E-state index in [0.717, 1.165) is 31.0 Å². The summed E-state index contributed by atoms with van der Waals surface area (Å²) in [6.45, 7) is 5.34. The topological polar surface area (TPSA) is 66.7 Å². The van der Waals surface area contributed by atoms with Gasteiger partial charge in [-0.25, -0.2) is 12.7 Å². The van der Waals surface area contributed by atoms with Gasteiger partial charge in [0.15, 0.2) is 5.76 Å². The van der Waals surface area contributed by atoms with Gasteiger partial charge in [0.05, 0.1) is 18.5 Å². The van der Waals surface area contributed by atoms with Crippen molar-refractivity contribution in [3.05, 3.63) is 17.5 Å². The van der Waals surface area contributed by atoms with Crippen LogP contribution in [0.25, 0.3) is 0 Å². The van der Waals surface area contributed by atoms with E-state index in [-0.39, 0.29) is 0 Å². The normalized spacial score (nSPS) is 19.9. The average molecular weight is 273 g/mol. The van der Waals surface area contributed by atoms with E-state index < -0.39 is 10.0 Å². The molecule has 0 amide bonds. The molecule has 0 aromatic carbocycles. The summed E-state index contributed by atoms with van der Waals surface area (Å²) in [6.07, 6.45) is 2.11. The van der Waals surface area contributed by atoms with Gasteiger partial charge in [0.1, 0.15) is 0 Å². The zero-order valence-corrected chi connectivity index (χ0v) is 11.6. The lowest BCUT2D eigenvalue weighted by atomic mass is 10.3. The Bertz CT molecular complexity index is 497. The zero-order chi connectivity index (χ0) is 13.2. The number of sulfonamides is 1. The van der Waals surface area contributed by atoms with Crippen molar-refractivity contribution in [3.63, 3.8) is 0 Å². The van der Waals surface area contributed by atoms with Gasteiger partial charge in [-0.15, -0.1) is 0 Å². The van der Waals surface area contributed by atoms with Crippen LogP contribution in [0.2, 0.25) is 0 Å². The SMILES string of the molecule is Cc1cc(CN2CCCN(S(C)(=O)=O)CC2)on1. The maximum absolute atomic E-state index is 11.5. The highest BCUT2D eigenvalue weighted by Gasteiger charge is 2.21. The molecule has 6 nitrogen and oxygen atoms in total. The van der Waals surface area contributed by atoms with Crippen LogP contribution in [-0.2, 0) is 16.6 Å². The van der Waals surface area contributed by atoms with Crippen LogP contribution in [0.1, 0.15) is 17.9 Å². The van der Waals surface area contributed by atoms with Crippen LogP contribution in [0.15, 0.2) is 10.6 Å². The van der Waals surface area contributed by atoms with Crippen LogP contribution >= 0.6 is 0 Å². The molecule has 2 rings (SSSR count). The second-order valence-corrected chi connectivity index (χ2v) is 6.71. The van der Waals surface area contributed by atoms with Crippen LogP contribution in [-0.4, -0.2) is 55.2 Å². The molecule has 1 aromatic heterocycles. The Morgan fingerprint density at radius 1 is 1.33 bits per heavy atom. The molecule has 0 saturated carbocycles. The highest BCUT2D eigenvalue weighted by atomic mass is 32.2. The predicted octanol–water partition coefficient (Wildman–Crippen LogP) is 0.450. The third-order valence-electron chi connectivity index (χ3n) is 3.07. The predicted molar refractivity (Wildman–Crippen MR) is 67.6 cm³/mol. The zero-order valence-electron chi connectivity index (χ0n) is 10.8. The van der Waals surface area contributed by atoms with Crippen LogP contribution in [0, 0.1) is 6.92 Å². The van der Waals surface area contributed by atoms with Crippen molar-refractivity contribution in [1.29, 1.82) is 0 Å². The fourth-order valence-electron chi connectivity index (χ4n) is 2.15. The van der Waals surface area contributed by atoms with Crippen LogP contribution in [0.5, 0.6) is 0 Å². The van der Waals surface area contributed by atoms with Crippen molar-refractivity contribution in [1.82, 2.24) is 14.4 Å². The molecule has 1 fully saturated rings. The monoisotopic (exact) mass is 273 g/mol. The number of nitrogens with zero attached hydrogens (tertiary/aromatic N) is 3. The Morgan fingerprint density at radius 3 is 2.72 bits per heavy atom. The molecule has 1 aliphatic heterocycles. The molecule has 0 N–H and O–H groups in total. The first-order valence-corrected chi connectivity index (χ1v) is 7.89. The van der Waals surface area contributed by atoms with E-state index in [2.05, 4.69) is 10.1 Å². The summed E-state index contributed by atoms with van der Waals surface area (Å²) in [4.78, 5) is 2.20. The van der Waals surface area contributed by atoms with Gasteiger partial charge in [-0.3, -0.25) is 4.90 Å². The summed E-state index contributed by atoms with van der Waals surface area (Å²) in [6, 6.07) is 1.92. The van der Waals surface area contributed by atoms with Crippen molar-refractivity contribution in [2.24, 2.45) is 0 Å². The molecule has 0 unspecified atom stereocenters. The first kappa shape index (κ1) is 13.5. The molecule has 0 aliphatic carbocycles. The van der Waals surface area contributed by atoms with Gasteiger partial charge in [-0.2, -0.15) is 0 Å². The first-order valence-electron chi connectivity index (χ1n) is 6.05. The van der Waals surface area contributed by atoms with E-state index in [0.29, 0.717) is 19.6 Å². The summed E-state index contributed by atoms with van der Waals surface area (Å²) in [7, 11) is -3.07. The van der Waals surface area contributed by atoms with Gasteiger partial charge in [0.2, 0.25) is 10.0 Å². The number of aryl methyl sites for hydroxylation is 1. The Balaban J connectivity index is 1.93. The Morgan fingerprint density at radius 2 is 2.11 bits per heavy atom. The lowest BCUT2D eigenvalue weighted by molar-refractivity contribution is 0.240. The largest absolute Gasteiger partial charge is 0.360 e. The smallest absolute Gasteiger partial charge is 0.211 e. The molecule has 102 valence electrons. The molecule has 0 atom stereocenters. The van der Waals surface area contributed by atoms with E-state index in [1.54, 1.807) is 4.31 Å². The van der Waals surface area contributed by atoms with Gasteiger partial charge >= 0.3 is 0 Å². The van der Waals surface area contributed by atoms with Crippen molar-refractivity contribution < 1.29 is 12.9 Å². The summed E-state index contributed by atoms with van der Waals surface area (Å²) in [5, 5.41) is 3.85. The molecule has 2 heterocycles. The minimum atomic E-state index is -3.07. The molecule has 1 aliphatic rings. The summed E-state index contributed by atoms with van der Waals surface area (Å²) in [5.74, 6) is 0.834. The molecule has 0 bridgehead atoms. The van der Waals surface area contributed by atoms with Crippen molar-refractivity contribution in [2.45, 2.75) is 19.9 Å². The molecule has 0 spiro atoms. The van der Waals surface area contributed by atoms with E-state index in [1.165, 1.54) is 6.26 Å². The van der Waals surface area contributed by atoms with Crippen molar-refractivity contribution in [3.8, 4) is 0 Å². The van der Waals surface area contributed by atoms with Gasteiger partial charge in [0, 0.05) is 25.7 Å². The fraction of sp³-hybridized carbons (Fsp3) is 0.727. The molecular weight excluding hydrogens is 254 g/mol. The highest BCUT2D eigenvalue weighted by molar-refractivity contribution is 7.88. The number of hydrogen-bond acceptors (Lipinski definition) is 5. The van der Waals surface area contributed by atoms with Gasteiger partial charge in [-0.1, -0.05) is 5.16 Å². The standard InChI is InChI=1S/C11H19N3O3S/c1-10-8-11(17-12-10)9-13-4-3-5-14(7-6-13)18(2,15)16/h8H,3-7,9H2,1-2H3. The summed E-state index contributed by atoms with van der Waals surface area (Å²) >= 11 is 0. The van der Waals surface area contributed by atoms with Crippen LogP contribution < -0.4 is 0 Å². The Labute approximate surface area is 108 Å². The van der Waals surface area contributed by atoms with Gasteiger partial charge in [-0.05, 0) is 19.9 Å². The molecule has 1 aromatic rings. The quantitative estimate of drug-likeness (QED) is 0.800. The van der Waals surface area contributed by atoms with E-state index >= 15 is 0 Å². The second kappa shape index (κ2) is 5.38. The number of aromatic nitrogens is 1. The van der Waals surface area contributed by atoms with E-state index in [4.69, 9.17) is 4.52 Å². The van der Waals surface area contributed by atoms with Gasteiger partial charge in [0.25, 0.3) is 0 Å². The lowest BCUT2D eigenvalue weighted by Gasteiger charge is -2.19. The molecule has 7 heteroatoms. The first-order chi connectivity index (χ1) is 8.45. The van der Waals surface area contributed by atoms with Crippen LogP contribution in [0.3, 0.4) is 0 Å². The van der Waals surface area contributed by atoms with Crippen LogP contribution in [0.4, 0.5) is 0 Å². The van der Waals surface area contributed by atoms with Gasteiger partial charge < -0.3 is 4.52 Å². The average Bonchev–Trinajstić information content (AvgIpc) is 2.53. The second-order valence-electron chi connectivity index (χ2n) is 4.73. The Kier molecular flexibility index (Phi) is 4.04. The molecular formula is C11H19N3O3S. The minimum absolute atomic E-state index is 0.548. The van der Waals surface area contributed by atoms with Crippen molar-refractivity contribution in [2.75, 3.05) is 32.4 Å². The minimum Gasteiger partial charge on any atom is -0.360 e. The van der Waals surface area contributed by atoms with E-state index in [1.807, 2.05) is 13.0 Å². The third-order valence-corrected chi connectivity index (χ3v) is 4.38. The summed E-state index contributed by atoms with van der Waals surface area (Å²) in [5.41, 5.74) is 0.873. The number of hydrogen-bond donors (Lipinski definition) is 0. The maximum atomic E-state index is 11.5. The Hall–Kier alpha value is -0.920. The number of rotatable bonds is 3.